The van der Waals surface area contributed by atoms with Crippen LogP contribution in [0.5, 0.6) is 0 Å². The van der Waals surface area contributed by atoms with Gasteiger partial charge in [-0.1, -0.05) is 19.8 Å². The zero-order chi connectivity index (χ0) is 8.10. The van der Waals surface area contributed by atoms with Gasteiger partial charge in [0.25, 0.3) is 0 Å². The highest BCUT2D eigenvalue weighted by atomic mass is 16.3. The molecule has 1 unspecified atom stereocenters. The average Bonchev–Trinajstić information content (AvgIpc) is 2.81. The smallest absolute Gasteiger partial charge is 0.0584 e. The van der Waals surface area contributed by atoms with Gasteiger partial charge in [-0.2, -0.15) is 0 Å². The lowest BCUT2D eigenvalue weighted by molar-refractivity contribution is 0.232. The Bertz CT molecular complexity index is 102. The molecular weight excluding hydrogens is 138 g/mol. The van der Waals surface area contributed by atoms with Crippen molar-refractivity contribution in [1.29, 1.82) is 0 Å². The molecule has 0 aliphatic heterocycles. The number of rotatable bonds is 6. The normalized spacial score (nSPS) is 20.2. The van der Waals surface area contributed by atoms with Crippen LogP contribution in [0.15, 0.2) is 0 Å². The molecule has 1 rings (SSSR count). The monoisotopic (exact) mass is 157 g/mol. The summed E-state index contributed by atoms with van der Waals surface area (Å²) >= 11 is 0. The van der Waals surface area contributed by atoms with E-state index in [1.165, 1.54) is 25.7 Å². The van der Waals surface area contributed by atoms with Gasteiger partial charge in [0.15, 0.2) is 0 Å². The maximum absolute atomic E-state index is 8.97. The molecule has 0 aromatic rings. The van der Waals surface area contributed by atoms with E-state index in [0.29, 0.717) is 12.6 Å². The number of aliphatic hydroxyl groups excluding tert-OH is 1. The summed E-state index contributed by atoms with van der Waals surface area (Å²) in [6.45, 7) is 2.49. The van der Waals surface area contributed by atoms with E-state index in [1.807, 2.05) is 0 Å². The molecule has 1 saturated carbocycles. The average molecular weight is 157 g/mol. The Morgan fingerprint density at radius 1 is 1.55 bits per heavy atom. The molecule has 0 amide bonds. The van der Waals surface area contributed by atoms with Crippen molar-refractivity contribution >= 4 is 0 Å². The summed E-state index contributed by atoms with van der Waals surface area (Å²) in [5.41, 5.74) is 0. The molecule has 0 aromatic heterocycles. The van der Waals surface area contributed by atoms with Crippen LogP contribution in [-0.2, 0) is 0 Å². The first kappa shape index (κ1) is 9.01. The van der Waals surface area contributed by atoms with Gasteiger partial charge in [0.1, 0.15) is 0 Å². The minimum atomic E-state index is 0.302. The molecule has 0 spiro atoms. The van der Waals surface area contributed by atoms with Crippen molar-refractivity contribution in [2.45, 2.75) is 51.1 Å². The van der Waals surface area contributed by atoms with E-state index in [2.05, 4.69) is 12.2 Å². The molecule has 0 bridgehead atoms. The third kappa shape index (κ3) is 3.73. The molecule has 2 N–H and O–H groups in total. The van der Waals surface area contributed by atoms with Gasteiger partial charge in [-0.15, -0.1) is 0 Å². The van der Waals surface area contributed by atoms with Crippen LogP contribution in [0.1, 0.15) is 39.0 Å². The Labute approximate surface area is 69.0 Å². The second-order valence-corrected chi connectivity index (χ2v) is 3.46. The fourth-order valence-corrected chi connectivity index (χ4v) is 1.26. The summed E-state index contributed by atoms with van der Waals surface area (Å²) in [4.78, 5) is 0. The highest BCUT2D eigenvalue weighted by Gasteiger charge is 2.23. The van der Waals surface area contributed by atoms with Crippen molar-refractivity contribution in [2.75, 3.05) is 6.61 Å². The zero-order valence-corrected chi connectivity index (χ0v) is 7.34. The molecule has 0 saturated heterocycles. The molecule has 0 heterocycles. The van der Waals surface area contributed by atoms with E-state index in [1.54, 1.807) is 0 Å². The van der Waals surface area contributed by atoms with Crippen LogP contribution in [-0.4, -0.2) is 23.8 Å². The molecule has 1 aliphatic rings. The zero-order valence-electron chi connectivity index (χ0n) is 7.34. The summed E-state index contributed by atoms with van der Waals surface area (Å²) in [7, 11) is 0. The number of hydrogen-bond donors (Lipinski definition) is 2. The van der Waals surface area contributed by atoms with Crippen molar-refractivity contribution in [3.05, 3.63) is 0 Å². The van der Waals surface area contributed by atoms with Crippen LogP contribution in [0, 0.1) is 0 Å². The molecule has 1 aliphatic carbocycles. The van der Waals surface area contributed by atoms with Gasteiger partial charge in [0.2, 0.25) is 0 Å². The molecule has 2 heteroatoms. The molecule has 11 heavy (non-hydrogen) atoms. The van der Waals surface area contributed by atoms with Crippen LogP contribution in [0.25, 0.3) is 0 Å². The summed E-state index contributed by atoms with van der Waals surface area (Å²) in [5.74, 6) is 0. The molecule has 1 fully saturated rings. The number of nitrogens with one attached hydrogen (secondary N) is 1. The number of aliphatic hydroxyl groups is 1. The number of unbranched alkanes of at least 4 members (excludes halogenated alkanes) is 1. The van der Waals surface area contributed by atoms with Gasteiger partial charge in [-0.25, -0.2) is 0 Å². The van der Waals surface area contributed by atoms with E-state index in [0.717, 1.165) is 12.5 Å². The van der Waals surface area contributed by atoms with Crippen molar-refractivity contribution in [3.63, 3.8) is 0 Å². The van der Waals surface area contributed by atoms with Gasteiger partial charge in [0.05, 0.1) is 6.61 Å². The van der Waals surface area contributed by atoms with Crippen LogP contribution in [0.2, 0.25) is 0 Å². The predicted octanol–water partition coefficient (Wildman–Crippen LogP) is 1.29. The minimum absolute atomic E-state index is 0.302. The first-order chi connectivity index (χ1) is 5.36. The largest absolute Gasteiger partial charge is 0.395 e. The molecule has 2 nitrogen and oxygen atoms in total. The van der Waals surface area contributed by atoms with Crippen LogP contribution in [0.3, 0.4) is 0 Å². The van der Waals surface area contributed by atoms with Gasteiger partial charge in [0, 0.05) is 12.1 Å². The second-order valence-electron chi connectivity index (χ2n) is 3.46. The van der Waals surface area contributed by atoms with E-state index < -0.39 is 0 Å². The second kappa shape index (κ2) is 4.73. The van der Waals surface area contributed by atoms with Crippen molar-refractivity contribution in [3.8, 4) is 0 Å². The van der Waals surface area contributed by atoms with Crippen LogP contribution in [0.4, 0.5) is 0 Å². The van der Waals surface area contributed by atoms with Gasteiger partial charge in [-0.05, 0) is 19.3 Å². The quantitative estimate of drug-likeness (QED) is 0.609. The summed E-state index contributed by atoms with van der Waals surface area (Å²) < 4.78 is 0. The molecule has 0 aromatic carbocycles. The molecule has 0 radical (unpaired) electrons. The number of hydrogen-bond acceptors (Lipinski definition) is 2. The highest BCUT2D eigenvalue weighted by Crippen LogP contribution is 2.20. The lowest BCUT2D eigenvalue weighted by Gasteiger charge is -2.14. The van der Waals surface area contributed by atoms with E-state index in [-0.39, 0.29) is 0 Å². The molecule has 66 valence electrons. The van der Waals surface area contributed by atoms with Crippen molar-refractivity contribution < 1.29 is 5.11 Å². The maximum atomic E-state index is 8.97. The summed E-state index contributed by atoms with van der Waals surface area (Å²) in [5, 5.41) is 12.4. The van der Waals surface area contributed by atoms with E-state index in [4.69, 9.17) is 5.11 Å². The van der Waals surface area contributed by atoms with Crippen molar-refractivity contribution in [2.24, 2.45) is 0 Å². The maximum Gasteiger partial charge on any atom is 0.0584 e. The Kier molecular flexibility index (Phi) is 3.87. The third-order valence-corrected chi connectivity index (χ3v) is 2.18. The van der Waals surface area contributed by atoms with E-state index in [9.17, 15) is 0 Å². The van der Waals surface area contributed by atoms with Crippen LogP contribution < -0.4 is 5.32 Å². The standard InChI is InChI=1S/C9H19NO/c1-2-3-4-9(7-11)10-8-5-6-8/h8-11H,2-7H2,1H3. The Balaban J connectivity index is 2.02. The van der Waals surface area contributed by atoms with Crippen molar-refractivity contribution in [1.82, 2.24) is 5.32 Å². The SMILES string of the molecule is CCCCC(CO)NC1CC1. The first-order valence-electron chi connectivity index (χ1n) is 4.73. The summed E-state index contributed by atoms with van der Waals surface area (Å²) in [6, 6.07) is 1.09. The van der Waals surface area contributed by atoms with Crippen LogP contribution >= 0.6 is 0 Å². The Morgan fingerprint density at radius 3 is 2.73 bits per heavy atom. The lowest BCUT2D eigenvalue weighted by Crippen LogP contribution is -2.33. The highest BCUT2D eigenvalue weighted by molar-refractivity contribution is 4.84. The van der Waals surface area contributed by atoms with E-state index >= 15 is 0 Å². The summed E-state index contributed by atoms with van der Waals surface area (Å²) in [6.07, 6.45) is 6.20. The topological polar surface area (TPSA) is 32.3 Å². The third-order valence-electron chi connectivity index (χ3n) is 2.18. The van der Waals surface area contributed by atoms with Gasteiger partial charge in [-0.3, -0.25) is 0 Å². The molecule has 1 atom stereocenters. The molecular formula is C9H19NO. The fraction of sp³-hybridized carbons (Fsp3) is 1.00. The minimum Gasteiger partial charge on any atom is -0.395 e. The van der Waals surface area contributed by atoms with Gasteiger partial charge < -0.3 is 10.4 Å². The lowest BCUT2D eigenvalue weighted by atomic mass is 10.1. The Morgan fingerprint density at radius 2 is 2.27 bits per heavy atom. The van der Waals surface area contributed by atoms with Gasteiger partial charge >= 0.3 is 0 Å². The Hall–Kier alpha value is -0.0800. The first-order valence-corrected chi connectivity index (χ1v) is 4.73. The predicted molar refractivity (Wildman–Crippen MR) is 46.6 cm³/mol. The fourth-order valence-electron chi connectivity index (χ4n) is 1.26.